The molecule has 8 aromatic carbocycles. The number of halogens is 24. The largest absolute Gasteiger partial charge is 0.416 e. The highest BCUT2D eigenvalue weighted by atomic mass is 32.2. The molecular weight excluding hydrogens is 1160 g/mol. The van der Waals surface area contributed by atoms with Crippen molar-refractivity contribution in [3.63, 3.8) is 0 Å². The summed E-state index contributed by atoms with van der Waals surface area (Å²) in [6.07, 6.45) is -50.6. The van der Waals surface area contributed by atoms with Crippen LogP contribution in [0, 0.1) is 0 Å². The van der Waals surface area contributed by atoms with Crippen molar-refractivity contribution in [2.24, 2.45) is 0 Å². The van der Waals surface area contributed by atoms with E-state index in [1.54, 1.807) is 0 Å². The lowest BCUT2D eigenvalue weighted by Crippen LogP contribution is -2.75. The minimum absolute atomic E-state index is 0.0914. The number of Topliss-reactive ketones (excluding diaryl/α,β-unsaturated/α-hetero) is 1. The second kappa shape index (κ2) is 21.0. The Kier molecular flexibility index (Phi) is 16.0. The van der Waals surface area contributed by atoms with E-state index in [1.165, 1.54) is 10.8 Å². The summed E-state index contributed by atoms with van der Waals surface area (Å²) >= 11 is 0. The van der Waals surface area contributed by atoms with Gasteiger partial charge in [0, 0.05) is 5.56 Å². The molecule has 1 nitrogen and oxygen atoms in total. The number of alkyl halides is 24. The predicted octanol–water partition coefficient (Wildman–Crippen LogP) is 16.4. The van der Waals surface area contributed by atoms with Crippen LogP contribution >= 0.6 is 0 Å². The zero-order chi connectivity index (χ0) is 60.6. The van der Waals surface area contributed by atoms with Crippen molar-refractivity contribution in [1.29, 1.82) is 0 Å². The van der Waals surface area contributed by atoms with Crippen LogP contribution in [0.15, 0.2) is 140 Å². The van der Waals surface area contributed by atoms with Gasteiger partial charge in [0.1, 0.15) is 6.15 Å². The van der Waals surface area contributed by atoms with Crippen LogP contribution in [0.1, 0.15) is 54.9 Å². The van der Waals surface area contributed by atoms with Crippen molar-refractivity contribution in [3.8, 4) is 0 Å². The Balaban J connectivity index is 0.000000323. The van der Waals surface area contributed by atoms with Crippen LogP contribution in [0.4, 0.5) is 105 Å². The summed E-state index contributed by atoms with van der Waals surface area (Å²) in [5.74, 6) is 0.857. The van der Waals surface area contributed by atoms with Gasteiger partial charge >= 0.3 is 49.4 Å². The van der Waals surface area contributed by atoms with Crippen LogP contribution in [-0.4, -0.2) is 30.2 Å². The molecular formula is C54H31BF24OS. The molecule has 0 fully saturated rings. The molecule has 0 N–H and O–H groups in total. The average molecular weight is 1190 g/mol. The Morgan fingerprint density at radius 2 is 0.568 bits per heavy atom. The molecule has 8 rings (SSSR count). The first-order chi connectivity index (χ1) is 36.9. The van der Waals surface area contributed by atoms with E-state index in [1.807, 2.05) is 18.2 Å². The minimum atomic E-state index is -6.13. The molecule has 0 radical (unpaired) electrons. The molecule has 0 bridgehead atoms. The molecule has 430 valence electrons. The van der Waals surface area contributed by atoms with Gasteiger partial charge in [0.2, 0.25) is 5.78 Å². The summed E-state index contributed by atoms with van der Waals surface area (Å²) in [4.78, 5) is 13.0. The Morgan fingerprint density at radius 1 is 0.321 bits per heavy atom. The first-order valence-corrected chi connectivity index (χ1v) is 24.9. The monoisotopic (exact) mass is 1190 g/mol. The van der Waals surface area contributed by atoms with Gasteiger partial charge < -0.3 is 0 Å². The number of carbonyl (C=O) groups excluding carboxylic acids is 1. The molecule has 8 aromatic rings. The summed E-state index contributed by atoms with van der Waals surface area (Å²) in [7, 11) is 0.0914. The first kappa shape index (κ1) is 61.6. The van der Waals surface area contributed by atoms with Crippen molar-refractivity contribution in [2.75, 3.05) is 18.3 Å². The predicted molar refractivity (Wildman–Crippen MR) is 257 cm³/mol. The van der Waals surface area contributed by atoms with E-state index >= 15 is 0 Å². The van der Waals surface area contributed by atoms with Gasteiger partial charge in [0.05, 0.1) is 57.0 Å². The summed E-state index contributed by atoms with van der Waals surface area (Å²) in [5, 5.41) is 6.81. The fraction of sp³-hybridized carbons (Fsp3) is 0.204. The number of hydrogen-bond donors (Lipinski definition) is 0. The van der Waals surface area contributed by atoms with Gasteiger partial charge in [-0.05, 0) is 85.7 Å². The third-order valence-electron chi connectivity index (χ3n) is 12.9. The SMILES string of the molecule is C[S+](C)CC(=O)c1c2ccccc2cc2cc3ccccc3cc12.FC(F)(F)c1cc([B-](c2cc(C(F)(F)F)cc(C(F)(F)F)c2)(c2cc(C(F)(F)F)cc(C(F)(F)F)c2)c2cc(C(F)(F)F)cc(C(F)(F)F)c2)cc(C(F)(F)F)c1. The smallest absolute Gasteiger partial charge is 0.289 e. The molecule has 0 unspecified atom stereocenters. The second-order valence-electron chi connectivity index (χ2n) is 18.7. The van der Waals surface area contributed by atoms with Crippen molar-refractivity contribution < 1.29 is 110 Å². The Hall–Kier alpha value is -7.06. The van der Waals surface area contributed by atoms with Crippen molar-refractivity contribution in [3.05, 3.63) is 190 Å². The highest BCUT2D eigenvalue weighted by Gasteiger charge is 2.47. The molecule has 0 saturated carbocycles. The van der Waals surface area contributed by atoms with Crippen LogP contribution in [0.2, 0.25) is 0 Å². The minimum Gasteiger partial charge on any atom is -0.289 e. The molecule has 0 aliphatic carbocycles. The molecule has 0 atom stereocenters. The van der Waals surface area contributed by atoms with Crippen LogP contribution in [0.5, 0.6) is 0 Å². The van der Waals surface area contributed by atoms with Crippen LogP contribution in [0.3, 0.4) is 0 Å². The van der Waals surface area contributed by atoms with Gasteiger partial charge in [0.15, 0.2) is 5.75 Å². The standard InChI is InChI=1S/C32H12BF24.C22H19OS/c34-25(35,36)13-1-14(26(37,38)39)6-21(5-13)33(22-7-15(27(40,41)42)2-16(8-22)28(43,44)45,23-9-17(29(46,47)48)3-18(10-23)30(49,50)51)24-11-19(31(52,53)54)4-20(12-24)32(55,56)57;1-24(2)14-21(23)22-19-10-6-5-9-17(19)12-18-11-15-7-3-4-8-16(15)13-20(18)22/h1-12H;3-13H,14H2,1-2H3/q-1;+1. The average Bonchev–Trinajstić information content (AvgIpc) is 3.10. The van der Waals surface area contributed by atoms with Gasteiger partial charge in [-0.25, -0.2) is 0 Å². The van der Waals surface area contributed by atoms with Gasteiger partial charge in [-0.3, -0.25) is 4.79 Å². The summed E-state index contributed by atoms with van der Waals surface area (Å²) in [5.41, 5.74) is -29.3. The molecule has 0 aromatic heterocycles. The van der Waals surface area contributed by atoms with Gasteiger partial charge in [0.25, 0.3) is 0 Å². The quantitative estimate of drug-likeness (QED) is 0.0511. The highest BCUT2D eigenvalue weighted by molar-refractivity contribution is 7.96. The van der Waals surface area contributed by atoms with E-state index < -0.39 is 195 Å². The van der Waals surface area contributed by atoms with Crippen molar-refractivity contribution >= 4 is 77.0 Å². The molecule has 0 aliphatic heterocycles. The van der Waals surface area contributed by atoms with E-state index in [-0.39, 0.29) is 16.7 Å². The van der Waals surface area contributed by atoms with Crippen molar-refractivity contribution in [1.82, 2.24) is 0 Å². The molecule has 0 saturated heterocycles. The van der Waals surface area contributed by atoms with Crippen LogP contribution in [0.25, 0.3) is 32.3 Å². The summed E-state index contributed by atoms with van der Waals surface area (Å²) in [6, 6.07) is 14.3. The third kappa shape index (κ3) is 13.2. The maximum absolute atomic E-state index is 14.2. The molecule has 0 spiro atoms. The van der Waals surface area contributed by atoms with E-state index in [4.69, 9.17) is 0 Å². The second-order valence-corrected chi connectivity index (χ2v) is 20.9. The van der Waals surface area contributed by atoms with Gasteiger partial charge in [-0.1, -0.05) is 97.1 Å². The van der Waals surface area contributed by atoms with Crippen LogP contribution in [-0.2, 0) is 60.3 Å². The topological polar surface area (TPSA) is 17.1 Å². The summed E-state index contributed by atoms with van der Waals surface area (Å²) < 4.78 is 341. The normalized spacial score (nSPS) is 13.5. The number of hydrogen-bond acceptors (Lipinski definition) is 1. The van der Waals surface area contributed by atoms with E-state index in [2.05, 4.69) is 61.0 Å². The van der Waals surface area contributed by atoms with Crippen molar-refractivity contribution in [2.45, 2.75) is 49.4 Å². The lowest BCUT2D eigenvalue weighted by molar-refractivity contribution is -0.144. The lowest BCUT2D eigenvalue weighted by atomic mass is 9.12. The first-order valence-electron chi connectivity index (χ1n) is 22.7. The Labute approximate surface area is 443 Å². The molecule has 27 heteroatoms. The number of rotatable bonds is 7. The van der Waals surface area contributed by atoms with Gasteiger partial charge in [-0.2, -0.15) is 127 Å². The zero-order valence-corrected chi connectivity index (χ0v) is 41.3. The highest BCUT2D eigenvalue weighted by Crippen LogP contribution is 2.42. The molecule has 81 heavy (non-hydrogen) atoms. The Bertz CT molecular complexity index is 3250. The molecule has 0 amide bonds. The number of benzene rings is 8. The zero-order valence-electron chi connectivity index (χ0n) is 40.5. The maximum atomic E-state index is 14.2. The van der Waals surface area contributed by atoms with Crippen LogP contribution < -0.4 is 21.9 Å². The van der Waals surface area contributed by atoms with E-state index in [0.29, 0.717) is 5.75 Å². The fourth-order valence-electron chi connectivity index (χ4n) is 9.46. The third-order valence-corrected chi connectivity index (χ3v) is 13.7. The maximum Gasteiger partial charge on any atom is 0.416 e. The number of ketones is 1. The van der Waals surface area contributed by atoms with E-state index in [9.17, 15) is 110 Å². The Morgan fingerprint density at radius 3 is 0.840 bits per heavy atom. The number of fused-ring (bicyclic) bond motifs is 3. The molecule has 0 aliphatic rings. The summed E-state index contributed by atoms with van der Waals surface area (Å²) in [6.45, 7) is 0. The number of carbonyl (C=O) groups is 1. The fourth-order valence-corrected chi connectivity index (χ4v) is 10.1. The lowest BCUT2D eigenvalue weighted by Gasteiger charge is -2.46. The molecule has 0 heterocycles. The van der Waals surface area contributed by atoms with E-state index in [0.717, 1.165) is 27.1 Å². The van der Waals surface area contributed by atoms with Gasteiger partial charge in [-0.15, -0.1) is 0 Å².